The van der Waals surface area contributed by atoms with E-state index in [-0.39, 0.29) is 0 Å². The van der Waals surface area contributed by atoms with Crippen molar-refractivity contribution < 1.29 is 5.11 Å². The van der Waals surface area contributed by atoms with Gasteiger partial charge in [0.15, 0.2) is 0 Å². The van der Waals surface area contributed by atoms with Crippen LogP contribution in [0.5, 0.6) is 5.75 Å². The third kappa shape index (κ3) is 2.93. The molecular formula is C21H21NO. The summed E-state index contributed by atoms with van der Waals surface area (Å²) in [6, 6.07) is 22.5. The van der Waals surface area contributed by atoms with Gasteiger partial charge in [-0.15, -0.1) is 0 Å². The summed E-state index contributed by atoms with van der Waals surface area (Å²) in [6.07, 6.45) is 0. The first-order chi connectivity index (χ1) is 11.1. The minimum Gasteiger partial charge on any atom is -0.505 e. The number of phenols is 1. The van der Waals surface area contributed by atoms with Gasteiger partial charge in [-0.2, -0.15) is 0 Å². The molecule has 0 aromatic heterocycles. The highest BCUT2D eigenvalue weighted by atomic mass is 16.3. The van der Waals surface area contributed by atoms with Gasteiger partial charge in [-0.1, -0.05) is 54.6 Å². The zero-order valence-corrected chi connectivity index (χ0v) is 13.7. The number of anilines is 1. The molecule has 3 aromatic rings. The highest BCUT2D eigenvalue weighted by Gasteiger charge is 2.11. The van der Waals surface area contributed by atoms with Crippen molar-refractivity contribution >= 4 is 5.69 Å². The normalized spacial score (nSPS) is 10.6. The Balaban J connectivity index is 2.11. The number of para-hydroxylation sites is 1. The molecule has 0 aliphatic rings. The van der Waals surface area contributed by atoms with Crippen LogP contribution in [-0.2, 0) is 0 Å². The van der Waals surface area contributed by atoms with Crippen LogP contribution >= 0.6 is 0 Å². The fraction of sp³-hybridized carbons (Fsp3) is 0.143. The average molecular weight is 303 g/mol. The zero-order chi connectivity index (χ0) is 16.4. The van der Waals surface area contributed by atoms with E-state index in [1.165, 1.54) is 11.1 Å². The molecule has 2 nitrogen and oxygen atoms in total. The molecule has 0 unspecified atom stereocenters. The van der Waals surface area contributed by atoms with Gasteiger partial charge in [0.1, 0.15) is 5.75 Å². The maximum atomic E-state index is 10.6. The summed E-state index contributed by atoms with van der Waals surface area (Å²) < 4.78 is 0. The second-order valence-electron chi connectivity index (χ2n) is 5.96. The topological polar surface area (TPSA) is 23.5 Å². The van der Waals surface area contributed by atoms with Crippen LogP contribution in [0, 0.1) is 6.92 Å². The van der Waals surface area contributed by atoms with Crippen LogP contribution in [0.25, 0.3) is 22.3 Å². The third-order valence-electron chi connectivity index (χ3n) is 4.13. The summed E-state index contributed by atoms with van der Waals surface area (Å²) in [7, 11) is 3.87. The van der Waals surface area contributed by atoms with E-state index in [0.29, 0.717) is 5.75 Å². The number of nitrogens with zero attached hydrogens (tertiary/aromatic N) is 1. The van der Waals surface area contributed by atoms with Crippen molar-refractivity contribution in [1.82, 2.24) is 0 Å². The molecule has 0 aliphatic heterocycles. The minimum atomic E-state index is 0.319. The van der Waals surface area contributed by atoms with Gasteiger partial charge in [0.2, 0.25) is 0 Å². The molecule has 3 aromatic carbocycles. The Hall–Kier alpha value is -2.74. The summed E-state index contributed by atoms with van der Waals surface area (Å²) in [6.45, 7) is 2.12. The number of aryl methyl sites for hydroxylation is 1. The minimum absolute atomic E-state index is 0.319. The number of rotatable bonds is 3. The molecule has 0 saturated carbocycles. The standard InChI is InChI=1S/C21H21NO/c1-15-8-4-5-11-18(15)16-9-6-10-17(14-16)19-12-7-13-20(21(19)23)22(2)3/h4-14,23H,1-3H3. The Labute approximate surface area is 137 Å². The highest BCUT2D eigenvalue weighted by molar-refractivity contribution is 5.81. The van der Waals surface area contributed by atoms with Crippen LogP contribution in [0.1, 0.15) is 5.56 Å². The zero-order valence-electron chi connectivity index (χ0n) is 13.7. The SMILES string of the molecule is Cc1ccccc1-c1cccc(-c2cccc(N(C)C)c2O)c1. The van der Waals surface area contributed by atoms with Crippen LogP contribution in [0.15, 0.2) is 66.7 Å². The number of phenolic OH excluding ortho intramolecular Hbond substituents is 1. The van der Waals surface area contributed by atoms with E-state index in [9.17, 15) is 5.11 Å². The molecule has 0 heterocycles. The maximum absolute atomic E-state index is 10.6. The van der Waals surface area contributed by atoms with Gasteiger partial charge in [0.05, 0.1) is 5.69 Å². The van der Waals surface area contributed by atoms with Crippen molar-refractivity contribution in [3.8, 4) is 28.0 Å². The van der Waals surface area contributed by atoms with Crippen LogP contribution in [0.3, 0.4) is 0 Å². The molecule has 0 aliphatic carbocycles. The molecule has 1 N–H and O–H groups in total. The quantitative estimate of drug-likeness (QED) is 0.727. The molecule has 3 rings (SSSR count). The van der Waals surface area contributed by atoms with E-state index in [1.807, 2.05) is 49.3 Å². The molecule has 2 heteroatoms. The van der Waals surface area contributed by atoms with Crippen molar-refractivity contribution in [2.45, 2.75) is 6.92 Å². The lowest BCUT2D eigenvalue weighted by Crippen LogP contribution is -2.08. The van der Waals surface area contributed by atoms with Gasteiger partial charge in [0, 0.05) is 19.7 Å². The molecule has 0 amide bonds. The lowest BCUT2D eigenvalue weighted by molar-refractivity contribution is 0.477. The molecule has 0 atom stereocenters. The van der Waals surface area contributed by atoms with Gasteiger partial charge in [-0.3, -0.25) is 0 Å². The van der Waals surface area contributed by atoms with E-state index in [1.54, 1.807) is 0 Å². The number of hydrogen-bond donors (Lipinski definition) is 1. The first kappa shape index (κ1) is 15.2. The Kier molecular flexibility index (Phi) is 4.07. The summed E-state index contributed by atoms with van der Waals surface area (Å²) >= 11 is 0. The van der Waals surface area contributed by atoms with Gasteiger partial charge in [-0.25, -0.2) is 0 Å². The van der Waals surface area contributed by atoms with Crippen LogP contribution in [-0.4, -0.2) is 19.2 Å². The van der Waals surface area contributed by atoms with E-state index in [2.05, 4.69) is 43.3 Å². The van der Waals surface area contributed by atoms with Crippen LogP contribution in [0.2, 0.25) is 0 Å². The molecule has 0 fully saturated rings. The lowest BCUT2D eigenvalue weighted by Gasteiger charge is -2.17. The fourth-order valence-electron chi connectivity index (χ4n) is 2.88. The van der Waals surface area contributed by atoms with E-state index in [0.717, 1.165) is 22.4 Å². The predicted molar refractivity (Wildman–Crippen MR) is 98.0 cm³/mol. The van der Waals surface area contributed by atoms with E-state index >= 15 is 0 Å². The Bertz CT molecular complexity index is 837. The Morgan fingerprint density at radius 1 is 0.739 bits per heavy atom. The summed E-state index contributed by atoms with van der Waals surface area (Å²) in [5.74, 6) is 0.319. The molecule has 116 valence electrons. The fourth-order valence-corrected chi connectivity index (χ4v) is 2.88. The van der Waals surface area contributed by atoms with Gasteiger partial charge in [0.25, 0.3) is 0 Å². The summed E-state index contributed by atoms with van der Waals surface area (Å²) in [4.78, 5) is 1.92. The highest BCUT2D eigenvalue weighted by Crippen LogP contribution is 2.38. The van der Waals surface area contributed by atoms with Crippen molar-refractivity contribution in [3.63, 3.8) is 0 Å². The second-order valence-corrected chi connectivity index (χ2v) is 5.96. The van der Waals surface area contributed by atoms with Crippen molar-refractivity contribution in [3.05, 3.63) is 72.3 Å². The van der Waals surface area contributed by atoms with E-state index in [4.69, 9.17) is 0 Å². The number of aromatic hydroxyl groups is 1. The van der Waals surface area contributed by atoms with Gasteiger partial charge >= 0.3 is 0 Å². The van der Waals surface area contributed by atoms with Crippen LogP contribution < -0.4 is 4.90 Å². The molecule has 0 radical (unpaired) electrons. The molecule has 23 heavy (non-hydrogen) atoms. The number of benzene rings is 3. The maximum Gasteiger partial charge on any atom is 0.146 e. The van der Waals surface area contributed by atoms with Crippen LogP contribution in [0.4, 0.5) is 5.69 Å². The largest absolute Gasteiger partial charge is 0.505 e. The molecule has 0 bridgehead atoms. The first-order valence-electron chi connectivity index (χ1n) is 7.73. The molecule has 0 spiro atoms. The third-order valence-corrected chi connectivity index (χ3v) is 4.13. The van der Waals surface area contributed by atoms with Crippen molar-refractivity contribution in [1.29, 1.82) is 0 Å². The van der Waals surface area contributed by atoms with Gasteiger partial charge < -0.3 is 10.0 Å². The molecule has 0 saturated heterocycles. The number of hydrogen-bond acceptors (Lipinski definition) is 2. The first-order valence-corrected chi connectivity index (χ1v) is 7.73. The van der Waals surface area contributed by atoms with Gasteiger partial charge in [-0.05, 0) is 41.3 Å². The average Bonchev–Trinajstić information content (AvgIpc) is 2.55. The predicted octanol–water partition coefficient (Wildman–Crippen LogP) is 5.10. The summed E-state index contributed by atoms with van der Waals surface area (Å²) in [5.41, 5.74) is 6.33. The molecular weight excluding hydrogens is 282 g/mol. The van der Waals surface area contributed by atoms with E-state index < -0.39 is 0 Å². The van der Waals surface area contributed by atoms with Crippen molar-refractivity contribution in [2.24, 2.45) is 0 Å². The monoisotopic (exact) mass is 303 g/mol. The lowest BCUT2D eigenvalue weighted by atomic mass is 9.96. The van der Waals surface area contributed by atoms with Crippen molar-refractivity contribution in [2.75, 3.05) is 19.0 Å². The second kappa shape index (κ2) is 6.17. The summed E-state index contributed by atoms with van der Waals surface area (Å²) in [5, 5.41) is 10.6. The smallest absolute Gasteiger partial charge is 0.146 e. The Morgan fingerprint density at radius 2 is 1.35 bits per heavy atom. The Morgan fingerprint density at radius 3 is 2.04 bits per heavy atom.